The fraction of sp³-hybridized carbons (Fsp3) is 0.529. The summed E-state index contributed by atoms with van der Waals surface area (Å²) in [4.78, 5) is 7.59. The van der Waals surface area contributed by atoms with Crippen molar-refractivity contribution in [3.8, 4) is 0 Å². The van der Waals surface area contributed by atoms with Crippen molar-refractivity contribution in [2.45, 2.75) is 53.7 Å². The van der Waals surface area contributed by atoms with E-state index in [1.807, 2.05) is 0 Å². The second-order valence-electron chi connectivity index (χ2n) is 8.15. The molecule has 0 aromatic heterocycles. The summed E-state index contributed by atoms with van der Waals surface area (Å²) in [6, 6.07) is 11.0. The predicted molar refractivity (Wildman–Crippen MR) is 95.0 cm³/mol. The Morgan fingerprint density at radius 1 is 1.00 bits per heavy atom. The molecule has 0 fully saturated rings. The van der Waals surface area contributed by atoms with Crippen LogP contribution in [0.5, 0.6) is 0 Å². The second kappa shape index (κ2) is 5.76. The molecular weight excluding hydrogens is 351 g/mol. The average Bonchev–Trinajstić information content (AvgIpc) is 2.24. The summed E-state index contributed by atoms with van der Waals surface area (Å²) >= 11 is -2.09. The van der Waals surface area contributed by atoms with Crippen LogP contribution in [0.2, 0.25) is 33.0 Å². The van der Waals surface area contributed by atoms with E-state index in [1.54, 1.807) is 3.59 Å². The van der Waals surface area contributed by atoms with E-state index >= 15 is 0 Å². The zero-order valence-corrected chi connectivity index (χ0v) is 17.8. The van der Waals surface area contributed by atoms with E-state index in [1.165, 1.54) is 5.56 Å². The number of benzene rings is 1. The van der Waals surface area contributed by atoms with Crippen molar-refractivity contribution in [2.24, 2.45) is 0 Å². The molecule has 0 bridgehead atoms. The first-order valence-corrected chi connectivity index (χ1v) is 20.3. The van der Waals surface area contributed by atoms with E-state index in [-0.39, 0.29) is 0 Å². The second-order valence-corrected chi connectivity index (χ2v) is 27.8. The van der Waals surface area contributed by atoms with Gasteiger partial charge < -0.3 is 0 Å². The van der Waals surface area contributed by atoms with Crippen LogP contribution >= 0.6 is 0 Å². The van der Waals surface area contributed by atoms with Gasteiger partial charge in [-0.25, -0.2) is 0 Å². The first-order valence-electron chi connectivity index (χ1n) is 7.24. The third-order valence-corrected chi connectivity index (χ3v) is 15.9. The zero-order chi connectivity index (χ0) is 14.9. The quantitative estimate of drug-likeness (QED) is 0.564. The van der Waals surface area contributed by atoms with Crippen molar-refractivity contribution in [2.75, 3.05) is 0 Å². The summed E-state index contributed by atoms with van der Waals surface area (Å²) in [5, 5.41) is 0.421. The molecule has 2 heteroatoms. The van der Waals surface area contributed by atoms with Gasteiger partial charge in [-0.05, 0) is 0 Å². The Balaban J connectivity index is 3.36. The van der Waals surface area contributed by atoms with Gasteiger partial charge in [-0.1, -0.05) is 0 Å². The Kier molecular flexibility index (Phi) is 5.17. The standard InChI is InChI=1S/C14H21Si.3CH3.Sn/c1-14(2,3)15(4,5)12-11-13-9-7-6-8-10-13;;;;/h6-10,12H,1-5H3;3*1H3;. The summed E-state index contributed by atoms with van der Waals surface area (Å²) < 4.78 is 1.71. The summed E-state index contributed by atoms with van der Waals surface area (Å²) in [5.74, 6) is 0. The number of hydrogen-bond donors (Lipinski definition) is 0. The van der Waals surface area contributed by atoms with Crippen LogP contribution in [0.15, 0.2) is 36.0 Å². The van der Waals surface area contributed by atoms with Gasteiger partial charge in [-0.15, -0.1) is 0 Å². The normalized spacial score (nSPS) is 14.6. The minimum absolute atomic E-state index is 0.421. The van der Waals surface area contributed by atoms with Crippen molar-refractivity contribution in [3.05, 3.63) is 41.6 Å². The van der Waals surface area contributed by atoms with Gasteiger partial charge in [-0.2, -0.15) is 0 Å². The Bertz CT molecular complexity index is 444. The van der Waals surface area contributed by atoms with Crippen LogP contribution in [-0.4, -0.2) is 26.5 Å². The van der Waals surface area contributed by atoms with Crippen LogP contribution in [-0.2, 0) is 0 Å². The minimum atomic E-state index is -2.09. The summed E-state index contributed by atoms with van der Waals surface area (Å²) in [7, 11) is -1.37. The van der Waals surface area contributed by atoms with Crippen molar-refractivity contribution in [1.29, 1.82) is 0 Å². The summed E-state index contributed by atoms with van der Waals surface area (Å²) in [5.41, 5.74) is 4.17. The molecule has 0 amide bonds. The molecule has 19 heavy (non-hydrogen) atoms. The molecule has 0 unspecified atom stereocenters. The number of hydrogen-bond acceptors (Lipinski definition) is 0. The van der Waals surface area contributed by atoms with Crippen LogP contribution in [0.1, 0.15) is 26.3 Å². The summed E-state index contributed by atoms with van der Waals surface area (Å²) in [6.45, 7) is 12.2. The molecule has 1 rings (SSSR count). The Morgan fingerprint density at radius 3 is 1.84 bits per heavy atom. The van der Waals surface area contributed by atoms with Crippen molar-refractivity contribution in [1.82, 2.24) is 0 Å². The van der Waals surface area contributed by atoms with Gasteiger partial charge >= 0.3 is 125 Å². The van der Waals surface area contributed by atoms with Gasteiger partial charge in [-0.3, -0.25) is 0 Å². The third-order valence-electron chi connectivity index (χ3n) is 4.33. The molecule has 0 nitrogen and oxygen atoms in total. The first-order chi connectivity index (χ1) is 8.45. The van der Waals surface area contributed by atoms with Gasteiger partial charge in [0.05, 0.1) is 0 Å². The van der Waals surface area contributed by atoms with E-state index in [9.17, 15) is 0 Å². The van der Waals surface area contributed by atoms with Gasteiger partial charge in [0.25, 0.3) is 0 Å². The molecule has 0 saturated heterocycles. The van der Waals surface area contributed by atoms with Crippen LogP contribution in [0.25, 0.3) is 3.59 Å². The van der Waals surface area contributed by atoms with Gasteiger partial charge in [0.2, 0.25) is 0 Å². The molecule has 0 atom stereocenters. The average molecular weight is 381 g/mol. The SMILES string of the molecule is CC(C)(C)[Si](C)(C)/C=[C](\c1ccccc1)[Sn]([CH3])([CH3])[CH3]. The molecule has 0 aliphatic carbocycles. The number of rotatable bonds is 3. The molecule has 0 saturated carbocycles. The van der Waals surface area contributed by atoms with Gasteiger partial charge in [0, 0.05) is 0 Å². The van der Waals surface area contributed by atoms with Crippen LogP contribution < -0.4 is 0 Å². The fourth-order valence-electron chi connectivity index (χ4n) is 1.93. The molecular formula is C17H30SiSn. The third kappa shape index (κ3) is 4.49. The van der Waals surface area contributed by atoms with E-state index in [0.29, 0.717) is 5.04 Å². The Morgan fingerprint density at radius 2 is 1.47 bits per heavy atom. The van der Waals surface area contributed by atoms with Crippen LogP contribution in [0.4, 0.5) is 0 Å². The molecule has 0 radical (unpaired) electrons. The topological polar surface area (TPSA) is 0 Å². The maximum absolute atomic E-state index is 2.71. The van der Waals surface area contributed by atoms with Gasteiger partial charge in [0.1, 0.15) is 0 Å². The van der Waals surface area contributed by atoms with Crippen LogP contribution in [0.3, 0.4) is 0 Å². The van der Waals surface area contributed by atoms with Crippen molar-refractivity contribution < 1.29 is 0 Å². The molecule has 0 spiro atoms. The molecule has 0 aliphatic heterocycles. The van der Waals surface area contributed by atoms with E-state index in [2.05, 4.69) is 84.7 Å². The summed E-state index contributed by atoms with van der Waals surface area (Å²) in [6.07, 6.45) is 0. The maximum atomic E-state index is 2.71. The van der Waals surface area contributed by atoms with E-state index in [4.69, 9.17) is 0 Å². The molecule has 0 N–H and O–H groups in total. The molecule has 0 aliphatic rings. The monoisotopic (exact) mass is 382 g/mol. The molecule has 106 valence electrons. The zero-order valence-electron chi connectivity index (χ0n) is 14.0. The van der Waals surface area contributed by atoms with Crippen molar-refractivity contribution >= 4 is 30.0 Å². The van der Waals surface area contributed by atoms with Crippen LogP contribution in [0, 0.1) is 0 Å². The Labute approximate surface area is 125 Å². The molecule has 1 aromatic rings. The van der Waals surface area contributed by atoms with Crippen molar-refractivity contribution in [3.63, 3.8) is 0 Å². The van der Waals surface area contributed by atoms with Gasteiger partial charge in [0.15, 0.2) is 0 Å². The molecule has 0 heterocycles. The fourth-order valence-corrected chi connectivity index (χ4v) is 13.4. The predicted octanol–water partition coefficient (Wildman–Crippen LogP) is 6.00. The van der Waals surface area contributed by atoms with E-state index in [0.717, 1.165) is 0 Å². The Hall–Kier alpha value is -0.0244. The molecule has 1 aromatic carbocycles. The van der Waals surface area contributed by atoms with E-state index < -0.39 is 26.5 Å². The first kappa shape index (κ1) is 17.0.